The molecule has 1 unspecified atom stereocenters. The third-order valence-corrected chi connectivity index (χ3v) is 6.58. The van der Waals surface area contributed by atoms with Crippen molar-refractivity contribution in [2.75, 3.05) is 11.6 Å². The first kappa shape index (κ1) is 20.4. The van der Waals surface area contributed by atoms with Crippen molar-refractivity contribution < 1.29 is 13.2 Å². The predicted molar refractivity (Wildman–Crippen MR) is 113 cm³/mol. The Morgan fingerprint density at radius 2 is 1.89 bits per heavy atom. The fourth-order valence-electron chi connectivity index (χ4n) is 2.94. The van der Waals surface area contributed by atoms with Crippen molar-refractivity contribution in [2.45, 2.75) is 42.0 Å². The number of benzene rings is 2. The van der Waals surface area contributed by atoms with Crippen LogP contribution in [0.3, 0.4) is 0 Å². The molecular weight excluding hydrogens is 394 g/mol. The van der Waals surface area contributed by atoms with Crippen molar-refractivity contribution in [2.24, 2.45) is 4.99 Å². The van der Waals surface area contributed by atoms with Crippen LogP contribution in [-0.2, 0) is 14.8 Å². The zero-order valence-electron chi connectivity index (χ0n) is 15.8. The van der Waals surface area contributed by atoms with Gasteiger partial charge in [-0.3, -0.25) is 14.5 Å². The highest BCUT2D eigenvalue weighted by Gasteiger charge is 2.31. The first-order valence-electron chi connectivity index (χ1n) is 9.09. The van der Waals surface area contributed by atoms with E-state index in [9.17, 15) is 13.2 Å². The standard InChI is InChI=1S/C20H23N3O3S2/c1-3-4-8-17(20(24)21-14-10-12-15(27-2)13-11-14)22-19-16-7-5-6-9-18(16)28(25,26)23-19/h5-7,9-13,17H,3-4,8H2,1-2H3,(H,21,24)(H,22,23). The Morgan fingerprint density at radius 3 is 2.57 bits per heavy atom. The number of nitrogens with zero attached hydrogens (tertiary/aromatic N) is 1. The van der Waals surface area contributed by atoms with Gasteiger partial charge in [-0.15, -0.1) is 11.8 Å². The van der Waals surface area contributed by atoms with Crippen molar-refractivity contribution in [3.63, 3.8) is 0 Å². The Kier molecular flexibility index (Phi) is 6.41. The molecule has 0 saturated carbocycles. The number of amides is 1. The maximum absolute atomic E-state index is 12.8. The topological polar surface area (TPSA) is 87.6 Å². The minimum atomic E-state index is -3.63. The molecule has 0 aliphatic carbocycles. The summed E-state index contributed by atoms with van der Waals surface area (Å²) in [7, 11) is -3.63. The molecule has 0 fully saturated rings. The maximum Gasteiger partial charge on any atom is 0.263 e. The molecule has 0 saturated heterocycles. The molecule has 0 spiro atoms. The SMILES string of the molecule is CCCCC(N=C1NS(=O)(=O)c2ccccc21)C(=O)Nc1ccc(SC)cc1. The summed E-state index contributed by atoms with van der Waals surface area (Å²) in [5, 5.41) is 2.89. The molecule has 1 atom stereocenters. The number of hydrogen-bond donors (Lipinski definition) is 2. The number of carbonyl (C=O) groups excluding carboxylic acids is 1. The van der Waals surface area contributed by atoms with Crippen molar-refractivity contribution in [1.29, 1.82) is 0 Å². The van der Waals surface area contributed by atoms with Crippen molar-refractivity contribution in [1.82, 2.24) is 4.72 Å². The summed E-state index contributed by atoms with van der Waals surface area (Å²) in [6, 6.07) is 13.6. The highest BCUT2D eigenvalue weighted by molar-refractivity contribution is 7.98. The van der Waals surface area contributed by atoms with Gasteiger partial charge in [0.1, 0.15) is 11.9 Å². The zero-order valence-corrected chi connectivity index (χ0v) is 17.4. The van der Waals surface area contributed by atoms with E-state index < -0.39 is 16.1 Å². The van der Waals surface area contributed by atoms with Crippen LogP contribution < -0.4 is 10.0 Å². The Hall–Kier alpha value is -2.32. The second-order valence-electron chi connectivity index (χ2n) is 6.46. The number of thioether (sulfide) groups is 1. The minimum absolute atomic E-state index is 0.191. The van der Waals surface area contributed by atoms with Crippen LogP contribution in [0.5, 0.6) is 0 Å². The molecule has 1 amide bonds. The van der Waals surface area contributed by atoms with Crippen LogP contribution in [0, 0.1) is 0 Å². The summed E-state index contributed by atoms with van der Waals surface area (Å²) in [5.41, 5.74) is 1.19. The van der Waals surface area contributed by atoms with Crippen LogP contribution in [0.2, 0.25) is 0 Å². The number of hydrogen-bond acceptors (Lipinski definition) is 5. The molecule has 1 aliphatic heterocycles. The quantitative estimate of drug-likeness (QED) is 0.673. The molecule has 0 aromatic heterocycles. The fraction of sp³-hybridized carbons (Fsp3) is 0.300. The number of carbonyl (C=O) groups is 1. The average molecular weight is 418 g/mol. The van der Waals surface area contributed by atoms with Crippen LogP contribution in [0.25, 0.3) is 0 Å². The van der Waals surface area contributed by atoms with E-state index in [2.05, 4.69) is 15.0 Å². The Labute approximate surface area is 169 Å². The van der Waals surface area contributed by atoms with Gasteiger partial charge in [0.15, 0.2) is 0 Å². The number of rotatable bonds is 7. The van der Waals surface area contributed by atoms with Gasteiger partial charge in [-0.25, -0.2) is 8.42 Å². The predicted octanol–water partition coefficient (Wildman–Crippen LogP) is 3.64. The molecule has 2 aromatic rings. The zero-order chi connectivity index (χ0) is 20.1. The maximum atomic E-state index is 12.8. The van der Waals surface area contributed by atoms with E-state index in [1.807, 2.05) is 37.4 Å². The summed E-state index contributed by atoms with van der Waals surface area (Å²) in [6.45, 7) is 2.04. The van der Waals surface area contributed by atoms with E-state index in [0.717, 1.165) is 17.7 Å². The summed E-state index contributed by atoms with van der Waals surface area (Å²) in [4.78, 5) is 18.6. The summed E-state index contributed by atoms with van der Waals surface area (Å²) < 4.78 is 27.0. The van der Waals surface area contributed by atoms with Crippen LogP contribution in [0.4, 0.5) is 5.69 Å². The molecule has 2 aromatic carbocycles. The molecular formula is C20H23N3O3S2. The molecule has 0 radical (unpaired) electrons. The minimum Gasteiger partial charge on any atom is -0.324 e. The van der Waals surface area contributed by atoms with Gasteiger partial charge in [-0.1, -0.05) is 31.9 Å². The van der Waals surface area contributed by atoms with Gasteiger partial charge in [0.2, 0.25) is 5.91 Å². The Morgan fingerprint density at radius 1 is 1.18 bits per heavy atom. The second kappa shape index (κ2) is 8.79. The highest BCUT2D eigenvalue weighted by atomic mass is 32.2. The molecule has 28 heavy (non-hydrogen) atoms. The van der Waals surface area contributed by atoms with Gasteiger partial charge >= 0.3 is 0 Å². The smallest absolute Gasteiger partial charge is 0.263 e. The van der Waals surface area contributed by atoms with Crippen molar-refractivity contribution in [3.05, 3.63) is 54.1 Å². The third-order valence-electron chi connectivity index (χ3n) is 4.44. The molecule has 1 aliphatic rings. The van der Waals surface area contributed by atoms with Gasteiger partial charge in [-0.05, 0) is 49.1 Å². The highest BCUT2D eigenvalue weighted by Crippen LogP contribution is 2.24. The van der Waals surface area contributed by atoms with Crippen molar-refractivity contribution >= 4 is 39.2 Å². The third kappa shape index (κ3) is 4.56. The van der Waals surface area contributed by atoms with E-state index in [1.165, 1.54) is 6.07 Å². The van der Waals surface area contributed by atoms with Gasteiger partial charge in [0, 0.05) is 16.1 Å². The number of sulfonamides is 1. The Balaban J connectivity index is 1.86. The summed E-state index contributed by atoms with van der Waals surface area (Å²) in [6.07, 6.45) is 4.26. The fourth-order valence-corrected chi connectivity index (χ4v) is 4.58. The van der Waals surface area contributed by atoms with Crippen LogP contribution in [0.15, 0.2) is 63.3 Å². The van der Waals surface area contributed by atoms with E-state index in [4.69, 9.17) is 0 Å². The number of nitrogens with one attached hydrogen (secondary N) is 2. The molecule has 148 valence electrons. The number of aliphatic imine (C=N–C) groups is 1. The lowest BCUT2D eigenvalue weighted by molar-refractivity contribution is -0.117. The molecule has 2 N–H and O–H groups in total. The number of anilines is 1. The van der Waals surface area contributed by atoms with E-state index in [-0.39, 0.29) is 16.6 Å². The van der Waals surface area contributed by atoms with Gasteiger partial charge < -0.3 is 5.32 Å². The van der Waals surface area contributed by atoms with Gasteiger partial charge in [0.25, 0.3) is 10.0 Å². The summed E-state index contributed by atoms with van der Waals surface area (Å²) in [5.74, 6) is -0.0222. The normalized spacial score (nSPS) is 17.0. The van der Waals surface area contributed by atoms with Crippen LogP contribution in [-0.4, -0.2) is 32.5 Å². The van der Waals surface area contributed by atoms with Crippen LogP contribution in [0.1, 0.15) is 31.7 Å². The monoisotopic (exact) mass is 417 g/mol. The first-order valence-corrected chi connectivity index (χ1v) is 11.8. The van der Waals surface area contributed by atoms with E-state index in [0.29, 0.717) is 17.7 Å². The summed E-state index contributed by atoms with van der Waals surface area (Å²) >= 11 is 1.63. The first-order chi connectivity index (χ1) is 13.4. The lowest BCUT2D eigenvalue weighted by atomic mass is 10.1. The number of fused-ring (bicyclic) bond motifs is 1. The molecule has 3 rings (SSSR count). The number of unbranched alkanes of at least 4 members (excludes halogenated alkanes) is 1. The van der Waals surface area contributed by atoms with Crippen LogP contribution >= 0.6 is 11.8 Å². The van der Waals surface area contributed by atoms with Crippen molar-refractivity contribution in [3.8, 4) is 0 Å². The van der Waals surface area contributed by atoms with Gasteiger partial charge in [0.05, 0.1) is 4.90 Å². The average Bonchev–Trinajstić information content (AvgIpc) is 2.96. The molecule has 0 bridgehead atoms. The lowest BCUT2D eigenvalue weighted by Crippen LogP contribution is -2.30. The Bertz CT molecular complexity index is 986. The lowest BCUT2D eigenvalue weighted by Gasteiger charge is -2.14. The molecule has 6 nitrogen and oxygen atoms in total. The number of amidine groups is 1. The molecule has 8 heteroatoms. The van der Waals surface area contributed by atoms with Gasteiger partial charge in [-0.2, -0.15) is 0 Å². The second-order valence-corrected chi connectivity index (χ2v) is 8.99. The van der Waals surface area contributed by atoms with E-state index in [1.54, 1.807) is 30.0 Å². The van der Waals surface area contributed by atoms with E-state index >= 15 is 0 Å². The molecule has 1 heterocycles. The largest absolute Gasteiger partial charge is 0.324 e.